The molecule has 17 heteroatoms. The topological polar surface area (TPSA) is 139 Å². The number of amides is 1. The number of hydrogen-bond donors (Lipinski definition) is 2. The highest BCUT2D eigenvalue weighted by Gasteiger charge is 2.44. The molecule has 1 aromatic rings. The number of carboxylic acids is 2. The molecule has 1 aromatic heterocycles. The first-order chi connectivity index (χ1) is 18.6. The molecule has 0 bridgehead atoms. The zero-order chi connectivity index (χ0) is 30.0. The fourth-order valence-corrected chi connectivity index (χ4v) is 4.08. The lowest BCUT2D eigenvalue weighted by atomic mass is 9.97. The SMILES string of the molecule is O=C(O)C(F)(F)F.O=C(O)C(F)(F)F.O=C1COC2(COCCN(CC3CCOCC3)C2)CN1c1cccnc1. The van der Waals surface area contributed by atoms with Crippen LogP contribution in [0.1, 0.15) is 12.8 Å². The average Bonchev–Trinajstić information content (AvgIpc) is 3.08. The normalized spacial score (nSPS) is 22.9. The summed E-state index contributed by atoms with van der Waals surface area (Å²) in [6, 6.07) is 3.77. The van der Waals surface area contributed by atoms with E-state index in [9.17, 15) is 31.1 Å². The minimum absolute atomic E-state index is 0.0242. The van der Waals surface area contributed by atoms with Crippen LogP contribution in [0.3, 0.4) is 0 Å². The van der Waals surface area contributed by atoms with E-state index in [1.54, 1.807) is 17.3 Å². The van der Waals surface area contributed by atoms with E-state index in [1.807, 2.05) is 12.1 Å². The minimum Gasteiger partial charge on any atom is -0.475 e. The van der Waals surface area contributed by atoms with Gasteiger partial charge in [0.15, 0.2) is 0 Å². The third kappa shape index (κ3) is 10.9. The Morgan fingerprint density at radius 1 is 1.00 bits per heavy atom. The van der Waals surface area contributed by atoms with Crippen molar-refractivity contribution in [2.24, 2.45) is 5.92 Å². The molecule has 1 amide bonds. The van der Waals surface area contributed by atoms with Gasteiger partial charge in [0.25, 0.3) is 5.91 Å². The van der Waals surface area contributed by atoms with Gasteiger partial charge in [-0.3, -0.25) is 14.7 Å². The highest BCUT2D eigenvalue weighted by Crippen LogP contribution is 2.28. The molecule has 0 aliphatic carbocycles. The molecule has 4 heterocycles. The Bertz CT molecular complexity index is 952. The Morgan fingerprint density at radius 3 is 2.12 bits per heavy atom. The van der Waals surface area contributed by atoms with Crippen molar-refractivity contribution in [2.45, 2.75) is 30.8 Å². The second-order valence-corrected chi connectivity index (χ2v) is 9.11. The zero-order valence-electron chi connectivity index (χ0n) is 21.1. The molecule has 3 saturated heterocycles. The van der Waals surface area contributed by atoms with E-state index in [0.29, 0.717) is 25.7 Å². The molecule has 1 atom stereocenters. The van der Waals surface area contributed by atoms with Gasteiger partial charge in [-0.25, -0.2) is 9.59 Å². The van der Waals surface area contributed by atoms with Crippen molar-refractivity contribution in [3.63, 3.8) is 0 Å². The van der Waals surface area contributed by atoms with Crippen molar-refractivity contribution in [1.29, 1.82) is 0 Å². The van der Waals surface area contributed by atoms with E-state index in [0.717, 1.165) is 51.4 Å². The molecular weight excluding hydrogens is 560 g/mol. The molecule has 1 spiro atoms. The Balaban J connectivity index is 0.000000333. The summed E-state index contributed by atoms with van der Waals surface area (Å²) in [4.78, 5) is 38.6. The fourth-order valence-electron chi connectivity index (χ4n) is 4.08. The lowest BCUT2D eigenvalue weighted by molar-refractivity contribution is -0.193. The molecule has 11 nitrogen and oxygen atoms in total. The summed E-state index contributed by atoms with van der Waals surface area (Å²) in [5.74, 6) is -4.87. The summed E-state index contributed by atoms with van der Waals surface area (Å²) in [6.07, 6.45) is -4.49. The van der Waals surface area contributed by atoms with Gasteiger partial charge in [0.1, 0.15) is 12.2 Å². The van der Waals surface area contributed by atoms with E-state index >= 15 is 0 Å². The summed E-state index contributed by atoms with van der Waals surface area (Å²) in [5.41, 5.74) is 0.339. The van der Waals surface area contributed by atoms with E-state index in [1.165, 1.54) is 0 Å². The number of ether oxygens (including phenoxy) is 3. The van der Waals surface area contributed by atoms with Crippen molar-refractivity contribution in [3.8, 4) is 0 Å². The molecule has 1 unspecified atom stereocenters. The van der Waals surface area contributed by atoms with E-state index in [-0.39, 0.29) is 12.5 Å². The van der Waals surface area contributed by atoms with Crippen LogP contribution in [0.5, 0.6) is 0 Å². The number of hydrogen-bond acceptors (Lipinski definition) is 8. The maximum Gasteiger partial charge on any atom is 0.490 e. The molecule has 4 rings (SSSR count). The number of nitrogens with zero attached hydrogens (tertiary/aromatic N) is 3. The van der Waals surface area contributed by atoms with Crippen LogP contribution < -0.4 is 4.90 Å². The number of aromatic nitrogens is 1. The van der Waals surface area contributed by atoms with Crippen LogP contribution in [0.25, 0.3) is 0 Å². The molecule has 226 valence electrons. The highest BCUT2D eigenvalue weighted by atomic mass is 19.4. The second-order valence-electron chi connectivity index (χ2n) is 9.11. The Labute approximate surface area is 224 Å². The third-order valence-electron chi connectivity index (χ3n) is 5.98. The van der Waals surface area contributed by atoms with Crippen LogP contribution >= 0.6 is 0 Å². The monoisotopic (exact) mass is 589 g/mol. The van der Waals surface area contributed by atoms with Gasteiger partial charge in [0, 0.05) is 39.0 Å². The molecule has 0 radical (unpaired) electrons. The third-order valence-corrected chi connectivity index (χ3v) is 5.98. The number of pyridine rings is 1. The van der Waals surface area contributed by atoms with Crippen LogP contribution in [0.15, 0.2) is 24.5 Å². The standard InChI is InChI=1S/C19H27N3O4.2C2HF3O2/c23-18-12-26-19(14-22(18)17-2-1-5-20-10-17)13-21(6-9-25-15-19)11-16-3-7-24-8-4-16;2*3-2(4,5)1(6)7/h1-2,5,10,16H,3-4,6-9,11-15H2;2*(H,6,7). The van der Waals surface area contributed by atoms with Crippen LogP contribution in [-0.4, -0.2) is 115 Å². The lowest BCUT2D eigenvalue weighted by Gasteiger charge is -2.43. The van der Waals surface area contributed by atoms with E-state index < -0.39 is 29.9 Å². The molecule has 0 aromatic carbocycles. The maximum atomic E-state index is 12.4. The van der Waals surface area contributed by atoms with Crippen LogP contribution in [0.4, 0.5) is 32.0 Å². The van der Waals surface area contributed by atoms with Gasteiger partial charge in [-0.05, 0) is 30.9 Å². The van der Waals surface area contributed by atoms with Gasteiger partial charge in [0.2, 0.25) is 0 Å². The Hall–Kier alpha value is -3.02. The van der Waals surface area contributed by atoms with Crippen LogP contribution in [0.2, 0.25) is 0 Å². The van der Waals surface area contributed by atoms with E-state index in [2.05, 4.69) is 9.88 Å². The molecular formula is C23H29F6N3O8. The fraction of sp³-hybridized carbons (Fsp3) is 0.652. The summed E-state index contributed by atoms with van der Waals surface area (Å²) in [6.45, 7) is 6.26. The molecule has 3 fully saturated rings. The van der Waals surface area contributed by atoms with Crippen molar-refractivity contribution >= 4 is 23.5 Å². The van der Waals surface area contributed by atoms with Crippen molar-refractivity contribution in [2.75, 3.05) is 64.1 Å². The number of morpholine rings is 1. The quantitative estimate of drug-likeness (QED) is 0.505. The van der Waals surface area contributed by atoms with Gasteiger partial charge in [0.05, 0.1) is 31.6 Å². The van der Waals surface area contributed by atoms with Crippen LogP contribution in [0, 0.1) is 5.92 Å². The number of aliphatic carboxylic acids is 2. The van der Waals surface area contributed by atoms with E-state index in [4.69, 9.17) is 34.0 Å². The number of anilines is 1. The number of carbonyl (C=O) groups excluding carboxylic acids is 1. The number of carboxylic acid groups (broad SMARTS) is 2. The Morgan fingerprint density at radius 2 is 1.60 bits per heavy atom. The maximum absolute atomic E-state index is 12.4. The highest BCUT2D eigenvalue weighted by molar-refractivity contribution is 5.95. The van der Waals surface area contributed by atoms with Crippen molar-refractivity contribution in [1.82, 2.24) is 9.88 Å². The first-order valence-electron chi connectivity index (χ1n) is 12.0. The van der Waals surface area contributed by atoms with Crippen LogP contribution in [-0.2, 0) is 28.6 Å². The predicted octanol–water partition coefficient (Wildman–Crippen LogP) is 2.21. The second kappa shape index (κ2) is 14.6. The van der Waals surface area contributed by atoms with Gasteiger partial charge in [-0.15, -0.1) is 0 Å². The Kier molecular flexibility index (Phi) is 12.1. The summed E-state index contributed by atoms with van der Waals surface area (Å²) < 4.78 is 80.9. The number of carbonyl (C=O) groups is 3. The van der Waals surface area contributed by atoms with Gasteiger partial charge < -0.3 is 29.3 Å². The minimum atomic E-state index is -5.08. The molecule has 3 aliphatic heterocycles. The lowest BCUT2D eigenvalue weighted by Crippen LogP contribution is -2.61. The number of rotatable bonds is 3. The van der Waals surface area contributed by atoms with Crippen molar-refractivity contribution < 1.29 is 65.1 Å². The van der Waals surface area contributed by atoms with Gasteiger partial charge >= 0.3 is 24.3 Å². The molecule has 0 saturated carbocycles. The summed E-state index contributed by atoms with van der Waals surface area (Å²) in [7, 11) is 0. The van der Waals surface area contributed by atoms with Gasteiger partial charge in [-0.1, -0.05) is 0 Å². The van der Waals surface area contributed by atoms with Gasteiger partial charge in [-0.2, -0.15) is 26.3 Å². The summed E-state index contributed by atoms with van der Waals surface area (Å²) in [5, 5.41) is 14.2. The predicted molar refractivity (Wildman–Crippen MR) is 123 cm³/mol. The number of alkyl halides is 6. The number of halogens is 6. The summed E-state index contributed by atoms with van der Waals surface area (Å²) >= 11 is 0. The average molecular weight is 589 g/mol. The molecule has 2 N–H and O–H groups in total. The smallest absolute Gasteiger partial charge is 0.475 e. The first-order valence-corrected chi connectivity index (χ1v) is 12.0. The largest absolute Gasteiger partial charge is 0.490 e. The molecule has 3 aliphatic rings. The first kappa shape index (κ1) is 33.2. The van der Waals surface area contributed by atoms with Crippen molar-refractivity contribution in [3.05, 3.63) is 24.5 Å². The molecule has 40 heavy (non-hydrogen) atoms. The zero-order valence-corrected chi connectivity index (χ0v) is 21.1.